The number of benzene rings is 1. The van der Waals surface area contributed by atoms with E-state index in [0.29, 0.717) is 6.42 Å². The molecule has 0 amide bonds. The number of piperidine rings is 1. The number of carbonyl (C=O) groups excluding carboxylic acids is 1. The van der Waals surface area contributed by atoms with Gasteiger partial charge in [0.15, 0.2) is 5.78 Å². The van der Waals surface area contributed by atoms with Gasteiger partial charge in [-0.25, -0.2) is 0 Å². The molecule has 4 unspecified atom stereocenters. The molecule has 1 aromatic carbocycles. The Morgan fingerprint density at radius 3 is 2.70 bits per heavy atom. The van der Waals surface area contributed by atoms with Crippen molar-refractivity contribution in [2.75, 3.05) is 31.5 Å². The molecule has 178 valence electrons. The lowest BCUT2D eigenvalue weighted by molar-refractivity contribution is -0.120. The average Bonchev–Trinajstić information content (AvgIpc) is 2.79. The predicted molar refractivity (Wildman–Crippen MR) is 137 cm³/mol. The van der Waals surface area contributed by atoms with E-state index in [1.54, 1.807) is 0 Å². The number of hydrogen-bond donors (Lipinski definition) is 3. The van der Waals surface area contributed by atoms with Crippen molar-refractivity contribution in [2.24, 2.45) is 28.9 Å². The normalized spacial score (nSPS) is 29.8. The summed E-state index contributed by atoms with van der Waals surface area (Å²) in [6.07, 6.45) is 11.7. The summed E-state index contributed by atoms with van der Waals surface area (Å²) in [5, 5.41) is 11.8. The Kier molecular flexibility index (Phi) is 7.38. The quantitative estimate of drug-likeness (QED) is 0.303. The van der Waals surface area contributed by atoms with Gasteiger partial charge in [-0.1, -0.05) is 63.1 Å². The number of carbonyl (C=O) groups is 1. The van der Waals surface area contributed by atoms with Crippen molar-refractivity contribution in [3.63, 3.8) is 0 Å². The van der Waals surface area contributed by atoms with Crippen molar-refractivity contribution in [1.82, 2.24) is 4.90 Å². The maximum absolute atomic E-state index is 13.7. The highest BCUT2D eigenvalue weighted by Crippen LogP contribution is 2.38. The molecule has 5 heteroatoms. The molecule has 4 atom stereocenters. The van der Waals surface area contributed by atoms with Gasteiger partial charge >= 0.3 is 0 Å². The van der Waals surface area contributed by atoms with Crippen LogP contribution in [0.5, 0.6) is 0 Å². The maximum atomic E-state index is 13.7. The number of unbranched alkanes of at least 4 members (excludes halogenated alkanes) is 2. The Morgan fingerprint density at radius 1 is 1.18 bits per heavy atom. The van der Waals surface area contributed by atoms with Crippen molar-refractivity contribution in [3.8, 4) is 0 Å². The number of nitrogens with two attached hydrogens (primary N) is 1. The molecule has 2 heterocycles. The van der Waals surface area contributed by atoms with E-state index in [0.717, 1.165) is 61.9 Å². The molecule has 33 heavy (non-hydrogen) atoms. The first-order valence-electron chi connectivity index (χ1n) is 12.7. The van der Waals surface area contributed by atoms with Crippen LogP contribution in [0.3, 0.4) is 0 Å². The number of nitrogens with one attached hydrogen (secondary N) is 2. The highest BCUT2D eigenvalue weighted by atomic mass is 16.1. The highest BCUT2D eigenvalue weighted by molar-refractivity contribution is 6.17. The highest BCUT2D eigenvalue weighted by Gasteiger charge is 2.43. The van der Waals surface area contributed by atoms with Crippen molar-refractivity contribution in [3.05, 3.63) is 53.6 Å². The Hall–Kier alpha value is -2.40. The minimum atomic E-state index is -0.977. The van der Waals surface area contributed by atoms with Gasteiger partial charge in [0, 0.05) is 36.8 Å². The van der Waals surface area contributed by atoms with E-state index in [2.05, 4.69) is 36.2 Å². The second kappa shape index (κ2) is 10.3. The molecule has 5 nitrogen and oxygen atoms in total. The smallest absolute Gasteiger partial charge is 0.176 e. The molecule has 0 bridgehead atoms. The van der Waals surface area contributed by atoms with Gasteiger partial charge in [-0.05, 0) is 55.7 Å². The number of likely N-dealkylation sites (tertiary alicyclic amines) is 1. The first kappa shape index (κ1) is 23.7. The van der Waals surface area contributed by atoms with Gasteiger partial charge in [0.2, 0.25) is 0 Å². The third-order valence-electron chi connectivity index (χ3n) is 7.76. The summed E-state index contributed by atoms with van der Waals surface area (Å²) in [7, 11) is 0. The number of hydrogen-bond acceptors (Lipinski definition) is 4. The number of para-hydroxylation sites is 1. The number of Topliss-reactive ketones (excluding diaryl/α,β-unsaturated/α-hetero) is 1. The Balaban J connectivity index is 1.34. The van der Waals surface area contributed by atoms with Crippen LogP contribution in [0.4, 0.5) is 5.69 Å². The minimum Gasteiger partial charge on any atom is -0.387 e. The summed E-state index contributed by atoms with van der Waals surface area (Å²) >= 11 is 0. The monoisotopic (exact) mass is 448 g/mol. The summed E-state index contributed by atoms with van der Waals surface area (Å²) < 4.78 is 0. The molecule has 0 aromatic heterocycles. The molecule has 3 aliphatic rings. The summed E-state index contributed by atoms with van der Waals surface area (Å²) in [6.45, 7) is 8.98. The van der Waals surface area contributed by atoms with Gasteiger partial charge in [0.05, 0.1) is 0 Å². The molecule has 2 aliphatic heterocycles. The first-order valence-corrected chi connectivity index (χ1v) is 12.7. The standard InChI is InChI=1S/C28H40N4O/c1-20-15-21(2)19-32(18-20)14-7-3-6-12-28(27(29)30)13-8-10-24(26(28)33)23-16-22-9-4-5-11-25(22)31-17-23/h4-5,8-11,13,20-21,23,31H,3,6-7,12,14-19H2,1-2H3,(H3,29,30). The first-order chi connectivity index (χ1) is 15.9. The van der Waals surface area contributed by atoms with Crippen LogP contribution in [0.2, 0.25) is 0 Å². The summed E-state index contributed by atoms with van der Waals surface area (Å²) in [5.41, 5.74) is 8.32. The van der Waals surface area contributed by atoms with Gasteiger partial charge in [0.1, 0.15) is 11.3 Å². The molecule has 0 saturated carbocycles. The summed E-state index contributed by atoms with van der Waals surface area (Å²) in [5.74, 6) is 1.69. The third kappa shape index (κ3) is 5.24. The molecule has 4 N–H and O–H groups in total. The predicted octanol–water partition coefficient (Wildman–Crippen LogP) is 4.80. The molecule has 0 radical (unpaired) electrons. The molecule has 4 rings (SSSR count). The zero-order valence-electron chi connectivity index (χ0n) is 20.3. The van der Waals surface area contributed by atoms with E-state index in [9.17, 15) is 4.79 Å². The van der Waals surface area contributed by atoms with E-state index in [1.807, 2.05) is 30.4 Å². The van der Waals surface area contributed by atoms with Crippen LogP contribution in [0.15, 0.2) is 48.1 Å². The number of allylic oxidation sites excluding steroid dienone is 2. The molecule has 1 saturated heterocycles. The van der Waals surface area contributed by atoms with E-state index in [-0.39, 0.29) is 17.5 Å². The van der Waals surface area contributed by atoms with Crippen molar-refractivity contribution >= 4 is 17.3 Å². The third-order valence-corrected chi connectivity index (χ3v) is 7.76. The van der Waals surface area contributed by atoms with Gasteiger partial charge in [-0.3, -0.25) is 10.2 Å². The van der Waals surface area contributed by atoms with Crippen LogP contribution in [0.25, 0.3) is 0 Å². The Bertz CT molecular complexity index is 926. The molecule has 0 spiro atoms. The van der Waals surface area contributed by atoms with Gasteiger partial charge in [-0.15, -0.1) is 0 Å². The Labute approximate surface area is 199 Å². The second-order valence-electron chi connectivity index (χ2n) is 10.7. The van der Waals surface area contributed by atoms with Crippen molar-refractivity contribution in [2.45, 2.75) is 52.4 Å². The maximum Gasteiger partial charge on any atom is 0.176 e. The molecule has 1 fully saturated rings. The van der Waals surface area contributed by atoms with Crippen LogP contribution >= 0.6 is 0 Å². The zero-order valence-corrected chi connectivity index (χ0v) is 20.3. The van der Waals surface area contributed by atoms with E-state index in [1.165, 1.54) is 25.1 Å². The second-order valence-corrected chi connectivity index (χ2v) is 10.7. The molecular formula is C28H40N4O. The number of fused-ring (bicyclic) bond motifs is 1. The topological polar surface area (TPSA) is 82.2 Å². The summed E-state index contributed by atoms with van der Waals surface area (Å²) in [4.78, 5) is 16.3. The fraction of sp³-hybridized carbons (Fsp3) is 0.571. The van der Waals surface area contributed by atoms with Crippen LogP contribution < -0.4 is 11.1 Å². The van der Waals surface area contributed by atoms with Crippen LogP contribution in [-0.2, 0) is 11.2 Å². The number of anilines is 1. The minimum absolute atomic E-state index is 0.0165. The largest absolute Gasteiger partial charge is 0.387 e. The molecule has 1 aliphatic carbocycles. The van der Waals surface area contributed by atoms with E-state index < -0.39 is 5.41 Å². The number of amidine groups is 1. The zero-order chi connectivity index (χ0) is 23.4. The average molecular weight is 449 g/mol. The van der Waals surface area contributed by atoms with Crippen molar-refractivity contribution < 1.29 is 4.79 Å². The van der Waals surface area contributed by atoms with E-state index in [4.69, 9.17) is 11.1 Å². The number of nitrogens with zero attached hydrogens (tertiary/aromatic N) is 1. The SMILES string of the molecule is CC1CC(C)CN(CCCCCC2(C(=N)N)C=CC=C(C3CNc4ccccc4C3)C2=O)C1. The van der Waals surface area contributed by atoms with Crippen LogP contribution in [0, 0.1) is 28.6 Å². The Morgan fingerprint density at radius 2 is 1.94 bits per heavy atom. The lowest BCUT2D eigenvalue weighted by Gasteiger charge is -2.36. The molecular weight excluding hydrogens is 408 g/mol. The fourth-order valence-electron chi connectivity index (χ4n) is 6.14. The van der Waals surface area contributed by atoms with Crippen LogP contribution in [0.1, 0.15) is 51.5 Å². The van der Waals surface area contributed by atoms with Gasteiger partial charge < -0.3 is 16.0 Å². The summed E-state index contributed by atoms with van der Waals surface area (Å²) in [6, 6.07) is 8.30. The van der Waals surface area contributed by atoms with Gasteiger partial charge in [0.25, 0.3) is 0 Å². The number of rotatable bonds is 8. The molecule has 1 aromatic rings. The van der Waals surface area contributed by atoms with Crippen molar-refractivity contribution in [1.29, 1.82) is 5.41 Å². The van der Waals surface area contributed by atoms with Crippen LogP contribution in [-0.4, -0.2) is 42.7 Å². The lowest BCUT2D eigenvalue weighted by atomic mass is 9.69. The van der Waals surface area contributed by atoms with E-state index >= 15 is 0 Å². The van der Waals surface area contributed by atoms with Gasteiger partial charge in [-0.2, -0.15) is 0 Å². The fourth-order valence-corrected chi connectivity index (χ4v) is 6.14. The lowest BCUT2D eigenvalue weighted by Crippen LogP contribution is -2.46. The number of ketones is 1.